The van der Waals surface area contributed by atoms with Crippen molar-refractivity contribution in [1.29, 1.82) is 0 Å². The van der Waals surface area contributed by atoms with Crippen molar-refractivity contribution >= 4 is 17.9 Å². The third-order valence-corrected chi connectivity index (χ3v) is 4.37. The Balaban J connectivity index is 1.94. The summed E-state index contributed by atoms with van der Waals surface area (Å²) in [6.07, 6.45) is 8.97. The molecule has 3 rings (SSSR count). The number of pyridine rings is 1. The Morgan fingerprint density at radius 2 is 2.17 bits per heavy atom. The van der Waals surface area contributed by atoms with Gasteiger partial charge in [0.05, 0.1) is 30.5 Å². The van der Waals surface area contributed by atoms with Gasteiger partial charge in [-0.15, -0.1) is 0 Å². The fourth-order valence-electron chi connectivity index (χ4n) is 2.87. The summed E-state index contributed by atoms with van der Waals surface area (Å²) in [5, 5.41) is 4.19. The SMILES string of the molecule is C=C/C(=C\c1nc(-c2cc(-c3cnn(C)c3)cnc2N)[nH]c1C)CC(=O)OCC. The van der Waals surface area contributed by atoms with Crippen molar-refractivity contribution < 1.29 is 9.53 Å². The Morgan fingerprint density at radius 3 is 2.83 bits per heavy atom. The Hall–Kier alpha value is -3.68. The number of aromatic amines is 1. The van der Waals surface area contributed by atoms with Gasteiger partial charge in [-0.3, -0.25) is 9.48 Å². The predicted molar refractivity (Wildman–Crippen MR) is 113 cm³/mol. The summed E-state index contributed by atoms with van der Waals surface area (Å²) >= 11 is 0. The van der Waals surface area contributed by atoms with Gasteiger partial charge in [0.15, 0.2) is 0 Å². The average molecular weight is 392 g/mol. The number of hydrogen-bond donors (Lipinski definition) is 2. The Morgan fingerprint density at radius 1 is 1.38 bits per heavy atom. The van der Waals surface area contributed by atoms with Gasteiger partial charge in [0, 0.05) is 36.3 Å². The summed E-state index contributed by atoms with van der Waals surface area (Å²) in [4.78, 5) is 24.0. The van der Waals surface area contributed by atoms with Crippen molar-refractivity contribution in [2.45, 2.75) is 20.3 Å². The third-order valence-electron chi connectivity index (χ3n) is 4.37. The normalized spacial score (nSPS) is 11.5. The molecule has 0 aliphatic rings. The number of anilines is 1. The molecule has 29 heavy (non-hydrogen) atoms. The molecule has 0 saturated carbocycles. The number of nitrogens with zero attached hydrogens (tertiary/aromatic N) is 4. The molecule has 3 N–H and O–H groups in total. The van der Waals surface area contributed by atoms with E-state index in [2.05, 4.69) is 26.6 Å². The molecule has 0 saturated heterocycles. The number of carbonyl (C=O) groups excluding carboxylic acids is 1. The zero-order valence-electron chi connectivity index (χ0n) is 16.8. The van der Waals surface area contributed by atoms with Gasteiger partial charge in [0.2, 0.25) is 0 Å². The second-order valence-corrected chi connectivity index (χ2v) is 6.56. The molecule has 0 spiro atoms. The summed E-state index contributed by atoms with van der Waals surface area (Å²) in [5.74, 6) is 0.672. The lowest BCUT2D eigenvalue weighted by Gasteiger charge is -2.04. The van der Waals surface area contributed by atoms with Gasteiger partial charge in [-0.05, 0) is 31.6 Å². The summed E-state index contributed by atoms with van der Waals surface area (Å²) in [5.41, 5.74) is 10.9. The summed E-state index contributed by atoms with van der Waals surface area (Å²) in [6.45, 7) is 7.80. The molecular formula is C21H24N6O2. The van der Waals surface area contributed by atoms with E-state index in [1.54, 1.807) is 30.1 Å². The number of esters is 1. The van der Waals surface area contributed by atoms with Crippen molar-refractivity contribution in [3.8, 4) is 22.5 Å². The van der Waals surface area contributed by atoms with Crippen molar-refractivity contribution in [1.82, 2.24) is 24.7 Å². The first kappa shape index (κ1) is 20.1. The zero-order chi connectivity index (χ0) is 21.0. The van der Waals surface area contributed by atoms with E-state index in [-0.39, 0.29) is 12.4 Å². The molecule has 0 amide bonds. The minimum Gasteiger partial charge on any atom is -0.466 e. The monoisotopic (exact) mass is 392 g/mol. The van der Waals surface area contributed by atoms with Crippen molar-refractivity contribution in [2.24, 2.45) is 7.05 Å². The van der Waals surface area contributed by atoms with E-state index in [4.69, 9.17) is 10.5 Å². The molecule has 0 aliphatic carbocycles. The third kappa shape index (κ3) is 4.60. The van der Waals surface area contributed by atoms with E-state index in [0.717, 1.165) is 22.4 Å². The minimum atomic E-state index is -0.301. The van der Waals surface area contributed by atoms with Crippen LogP contribution in [0.5, 0.6) is 0 Å². The highest BCUT2D eigenvalue weighted by Gasteiger charge is 2.14. The molecule has 150 valence electrons. The maximum Gasteiger partial charge on any atom is 0.310 e. The lowest BCUT2D eigenvalue weighted by molar-refractivity contribution is -0.142. The average Bonchev–Trinajstić information content (AvgIpc) is 3.27. The first-order valence-electron chi connectivity index (χ1n) is 9.21. The number of aryl methyl sites for hydroxylation is 2. The van der Waals surface area contributed by atoms with Crippen LogP contribution in [-0.4, -0.2) is 37.3 Å². The van der Waals surface area contributed by atoms with Crippen molar-refractivity contribution in [3.63, 3.8) is 0 Å². The molecule has 8 heteroatoms. The maximum atomic E-state index is 11.8. The van der Waals surface area contributed by atoms with E-state index >= 15 is 0 Å². The van der Waals surface area contributed by atoms with Crippen LogP contribution in [0.1, 0.15) is 24.7 Å². The maximum absolute atomic E-state index is 11.8. The molecule has 0 radical (unpaired) electrons. The number of nitrogens with one attached hydrogen (secondary N) is 1. The number of rotatable bonds is 7. The molecule has 0 fully saturated rings. The number of hydrogen-bond acceptors (Lipinski definition) is 6. The van der Waals surface area contributed by atoms with Crippen molar-refractivity contribution in [3.05, 3.63) is 54.3 Å². The second-order valence-electron chi connectivity index (χ2n) is 6.56. The topological polar surface area (TPSA) is 112 Å². The predicted octanol–water partition coefficient (Wildman–Crippen LogP) is 3.29. The summed E-state index contributed by atoms with van der Waals surface area (Å²) in [7, 11) is 1.86. The van der Waals surface area contributed by atoms with E-state index in [9.17, 15) is 4.79 Å². The van der Waals surface area contributed by atoms with Crippen LogP contribution in [-0.2, 0) is 16.6 Å². The Bertz CT molecular complexity index is 1080. The van der Waals surface area contributed by atoms with Crippen LogP contribution in [0, 0.1) is 6.92 Å². The van der Waals surface area contributed by atoms with E-state index < -0.39 is 0 Å². The van der Waals surface area contributed by atoms with Crippen LogP contribution in [0.4, 0.5) is 5.82 Å². The molecule has 0 aromatic carbocycles. The van der Waals surface area contributed by atoms with Gasteiger partial charge in [-0.2, -0.15) is 5.10 Å². The van der Waals surface area contributed by atoms with Crippen LogP contribution >= 0.6 is 0 Å². The largest absolute Gasteiger partial charge is 0.466 e. The van der Waals surface area contributed by atoms with Gasteiger partial charge < -0.3 is 15.5 Å². The number of nitrogen functional groups attached to an aromatic ring is 1. The van der Waals surface area contributed by atoms with Gasteiger partial charge in [-0.25, -0.2) is 9.97 Å². The molecule has 3 aromatic rings. The first-order valence-corrected chi connectivity index (χ1v) is 9.21. The molecule has 0 atom stereocenters. The molecular weight excluding hydrogens is 368 g/mol. The number of ether oxygens (including phenoxy) is 1. The fourth-order valence-corrected chi connectivity index (χ4v) is 2.87. The molecule has 3 aromatic heterocycles. The van der Waals surface area contributed by atoms with Gasteiger partial charge in [0.1, 0.15) is 11.6 Å². The zero-order valence-corrected chi connectivity index (χ0v) is 16.8. The van der Waals surface area contributed by atoms with Crippen LogP contribution < -0.4 is 5.73 Å². The number of allylic oxidation sites excluding steroid dienone is 1. The second kappa shape index (κ2) is 8.55. The lowest BCUT2D eigenvalue weighted by atomic mass is 10.1. The van der Waals surface area contributed by atoms with Crippen LogP contribution in [0.3, 0.4) is 0 Å². The van der Waals surface area contributed by atoms with E-state index in [1.165, 1.54) is 0 Å². The highest BCUT2D eigenvalue weighted by molar-refractivity contribution is 5.78. The number of H-pyrrole nitrogens is 1. The number of nitrogens with two attached hydrogens (primary N) is 1. The van der Waals surface area contributed by atoms with Crippen LogP contribution in [0.15, 0.2) is 42.9 Å². The minimum absolute atomic E-state index is 0.138. The van der Waals surface area contributed by atoms with Crippen molar-refractivity contribution in [2.75, 3.05) is 12.3 Å². The number of aromatic nitrogens is 5. The molecule has 8 nitrogen and oxygen atoms in total. The Labute approximate surface area is 169 Å². The summed E-state index contributed by atoms with van der Waals surface area (Å²) in [6, 6.07) is 1.93. The first-order chi connectivity index (χ1) is 13.9. The smallest absolute Gasteiger partial charge is 0.310 e. The van der Waals surface area contributed by atoms with Gasteiger partial charge in [-0.1, -0.05) is 12.7 Å². The van der Waals surface area contributed by atoms with Gasteiger partial charge in [0.25, 0.3) is 0 Å². The lowest BCUT2D eigenvalue weighted by Crippen LogP contribution is -2.04. The fraction of sp³-hybridized carbons (Fsp3) is 0.238. The van der Waals surface area contributed by atoms with Crippen LogP contribution in [0.25, 0.3) is 28.6 Å². The number of imidazole rings is 1. The molecule has 0 unspecified atom stereocenters. The molecule has 0 bridgehead atoms. The van der Waals surface area contributed by atoms with Gasteiger partial charge >= 0.3 is 5.97 Å². The van der Waals surface area contributed by atoms with E-state index in [0.29, 0.717) is 29.5 Å². The molecule has 3 heterocycles. The Kier molecular flexibility index (Phi) is 5.92. The quantitative estimate of drug-likeness (QED) is 0.471. The molecule has 0 aliphatic heterocycles. The number of carbonyl (C=O) groups is 1. The van der Waals surface area contributed by atoms with Crippen LogP contribution in [0.2, 0.25) is 0 Å². The van der Waals surface area contributed by atoms with E-state index in [1.807, 2.05) is 32.3 Å². The highest BCUT2D eigenvalue weighted by atomic mass is 16.5. The summed E-state index contributed by atoms with van der Waals surface area (Å²) < 4.78 is 6.73. The standard InChI is InChI=1S/C21H24N6O2/c1-5-14(8-19(28)29-6-2)7-18-13(3)25-21(26-18)17-9-15(10-23-20(17)22)16-11-24-27(4)12-16/h5,7,9-12H,1,6,8H2,2-4H3,(H2,22,23)(H,25,26)/b14-7+. The highest BCUT2D eigenvalue weighted by Crippen LogP contribution is 2.29.